The van der Waals surface area contributed by atoms with Gasteiger partial charge in [0.1, 0.15) is 0 Å². The zero-order valence-electron chi connectivity index (χ0n) is 21.7. The Kier molecular flexibility index (Phi) is 11.8. The number of carbonyl (C=O) groups excluding carboxylic acids is 3. The van der Waals surface area contributed by atoms with Crippen molar-refractivity contribution in [1.82, 2.24) is 0 Å². The first kappa shape index (κ1) is 28.6. The van der Waals surface area contributed by atoms with E-state index in [0.29, 0.717) is 27.6 Å². The van der Waals surface area contributed by atoms with Gasteiger partial charge in [-0.25, -0.2) is 0 Å². The van der Waals surface area contributed by atoms with Crippen LogP contribution in [-0.4, -0.2) is 50.3 Å². The van der Waals surface area contributed by atoms with Crippen LogP contribution < -0.4 is 0 Å². The van der Waals surface area contributed by atoms with Gasteiger partial charge in [-0.2, -0.15) is 0 Å². The van der Waals surface area contributed by atoms with Crippen molar-refractivity contribution < 1.29 is 23.9 Å². The Balaban J connectivity index is 2.81. The molecule has 1 unspecified atom stereocenters. The van der Waals surface area contributed by atoms with Gasteiger partial charge in [0.2, 0.25) is 0 Å². The van der Waals surface area contributed by atoms with Crippen molar-refractivity contribution in [2.45, 2.75) is 85.4 Å². The van der Waals surface area contributed by atoms with Gasteiger partial charge in [-0.15, -0.1) is 0 Å². The summed E-state index contributed by atoms with van der Waals surface area (Å²) in [5.41, 5.74) is 1.97. The maximum atomic E-state index is 13.7. The minimum atomic E-state index is -3.47. The van der Waals surface area contributed by atoms with Gasteiger partial charge in [-0.05, 0) is 0 Å². The molecule has 0 aromatic heterocycles. The number of hydrogen-bond acceptors (Lipinski definition) is 5. The van der Waals surface area contributed by atoms with Crippen LogP contribution in [-0.2, 0) is 25.5 Å². The molecule has 0 amide bonds. The average molecular weight is 577 g/mol. The number of carbonyl (C=O) groups is 3. The summed E-state index contributed by atoms with van der Waals surface area (Å²) in [5, 5.41) is 0. The van der Waals surface area contributed by atoms with E-state index in [2.05, 4.69) is 20.8 Å². The van der Waals surface area contributed by atoms with Crippen molar-refractivity contribution in [3.63, 3.8) is 0 Å². The van der Waals surface area contributed by atoms with Crippen LogP contribution in [0.4, 0.5) is 0 Å². The van der Waals surface area contributed by atoms with Crippen LogP contribution in [0, 0.1) is 5.92 Å². The van der Waals surface area contributed by atoms with Crippen LogP contribution in [0.1, 0.15) is 81.6 Å². The molecule has 0 radical (unpaired) electrons. The fourth-order valence-corrected chi connectivity index (χ4v) is 22.5. The Labute approximate surface area is 209 Å². The van der Waals surface area contributed by atoms with E-state index in [0.717, 1.165) is 57.4 Å². The van der Waals surface area contributed by atoms with Crippen LogP contribution in [0.2, 0.25) is 13.3 Å². The molecule has 0 N–H and O–H groups in total. The number of ketones is 1. The fraction of sp³-hybridized carbons (Fsp3) is 0.607. The third kappa shape index (κ3) is 6.52. The second-order valence-electron chi connectivity index (χ2n) is 9.48. The van der Waals surface area contributed by atoms with Crippen molar-refractivity contribution in [3.05, 3.63) is 44.6 Å². The summed E-state index contributed by atoms with van der Waals surface area (Å²) in [6, 6.07) is 7.60. The van der Waals surface area contributed by atoms with Gasteiger partial charge >= 0.3 is 210 Å². The zero-order valence-corrected chi connectivity index (χ0v) is 24.6. The van der Waals surface area contributed by atoms with Gasteiger partial charge < -0.3 is 0 Å². The Morgan fingerprint density at radius 3 is 1.91 bits per heavy atom. The van der Waals surface area contributed by atoms with E-state index < -0.39 is 36.2 Å². The summed E-state index contributed by atoms with van der Waals surface area (Å²) < 4.78 is 14.2. The van der Waals surface area contributed by atoms with Gasteiger partial charge in [-0.1, -0.05) is 0 Å². The Morgan fingerprint density at radius 1 is 0.882 bits per heavy atom. The first-order valence-electron chi connectivity index (χ1n) is 12.9. The Hall–Kier alpha value is -1.63. The normalized spacial score (nSPS) is 16.5. The van der Waals surface area contributed by atoms with Crippen molar-refractivity contribution >= 4 is 36.1 Å². The first-order valence-corrected chi connectivity index (χ1v) is 20.4. The predicted molar refractivity (Wildman–Crippen MR) is 139 cm³/mol. The molecule has 0 bridgehead atoms. The van der Waals surface area contributed by atoms with Gasteiger partial charge in [0.15, 0.2) is 0 Å². The van der Waals surface area contributed by atoms with Crippen molar-refractivity contribution in [2.24, 2.45) is 5.92 Å². The summed E-state index contributed by atoms with van der Waals surface area (Å²) in [7, 11) is 2.74. The summed E-state index contributed by atoms with van der Waals surface area (Å²) in [4.78, 5) is 40.6. The van der Waals surface area contributed by atoms with E-state index in [1.54, 1.807) is 0 Å². The number of esters is 2. The Bertz CT molecular complexity index is 867. The number of methoxy groups -OCH3 is 2. The van der Waals surface area contributed by atoms with Crippen molar-refractivity contribution in [3.8, 4) is 0 Å². The summed E-state index contributed by atoms with van der Waals surface area (Å²) in [6.45, 7) is 6.50. The first-order chi connectivity index (χ1) is 16.4. The van der Waals surface area contributed by atoms with E-state index in [1.165, 1.54) is 14.2 Å². The number of benzene rings is 1. The molecule has 1 aliphatic carbocycles. The SMILES string of the molecule is CCC[CH2][Sn]([CH2]CCC)([CH2]CCC)/[C](C(=O)OC)=C(\C(=O)OC)C1CCc2ccccc2C1=O. The number of rotatable bonds is 13. The average Bonchev–Trinajstić information content (AvgIpc) is 2.87. The molecule has 34 heavy (non-hydrogen) atoms. The minimum absolute atomic E-state index is 0.0784. The van der Waals surface area contributed by atoms with Crippen LogP contribution in [0.25, 0.3) is 0 Å². The number of Topliss-reactive ketones (excluding diaryl/α,β-unsaturated/α-hetero) is 1. The fourth-order valence-electron chi connectivity index (χ4n) is 5.41. The third-order valence-electron chi connectivity index (χ3n) is 7.27. The molecule has 0 heterocycles. The molecule has 0 spiro atoms. The van der Waals surface area contributed by atoms with E-state index in [9.17, 15) is 14.4 Å². The molecular weight excluding hydrogens is 535 g/mol. The molecule has 0 aliphatic heterocycles. The number of aryl methyl sites for hydroxylation is 1. The molecule has 188 valence electrons. The van der Waals surface area contributed by atoms with Gasteiger partial charge in [-0.3, -0.25) is 0 Å². The van der Waals surface area contributed by atoms with E-state index >= 15 is 0 Å². The Morgan fingerprint density at radius 2 is 1.41 bits per heavy atom. The van der Waals surface area contributed by atoms with E-state index in [4.69, 9.17) is 9.47 Å². The zero-order chi connectivity index (χ0) is 25.1. The van der Waals surface area contributed by atoms with Gasteiger partial charge in [0.05, 0.1) is 0 Å². The number of fused-ring (bicyclic) bond motifs is 1. The number of hydrogen-bond donors (Lipinski definition) is 0. The molecule has 1 atom stereocenters. The molecule has 5 nitrogen and oxygen atoms in total. The predicted octanol–water partition coefficient (Wildman–Crippen LogP) is 6.46. The summed E-state index contributed by atoms with van der Waals surface area (Å²) in [5.74, 6) is -1.68. The molecule has 1 aliphatic rings. The molecule has 6 heteroatoms. The summed E-state index contributed by atoms with van der Waals surface area (Å²) >= 11 is -3.47. The quantitative estimate of drug-likeness (QED) is 0.153. The van der Waals surface area contributed by atoms with Crippen molar-refractivity contribution in [2.75, 3.05) is 14.2 Å². The molecular formula is C28H42O5Sn. The molecule has 0 saturated carbocycles. The summed E-state index contributed by atoms with van der Waals surface area (Å²) in [6.07, 6.45) is 7.40. The van der Waals surface area contributed by atoms with Crippen LogP contribution in [0.15, 0.2) is 33.4 Å². The number of unbranched alkanes of at least 4 members (excludes halogenated alkanes) is 3. The van der Waals surface area contributed by atoms with Crippen LogP contribution in [0.5, 0.6) is 0 Å². The number of ether oxygens (including phenoxy) is 2. The standard InChI is InChI=1S/C16H15O5.3C4H9.Sn/c1-20-14(17)9-13(16(19)21-2)12-8-7-10-5-3-4-6-11(10)15(12)18;3*1-3-4-2;/h3-6,12H,7-8H2,1-2H3;3*1,3-4H2,2H3;. The topological polar surface area (TPSA) is 69.7 Å². The molecule has 0 saturated heterocycles. The van der Waals surface area contributed by atoms with Gasteiger partial charge in [0.25, 0.3) is 0 Å². The molecule has 0 fully saturated rings. The molecule has 1 aromatic carbocycles. The second kappa shape index (κ2) is 14.1. The maximum absolute atomic E-state index is 13.7. The third-order valence-corrected chi connectivity index (χ3v) is 22.9. The molecule has 2 rings (SSSR count). The van der Waals surface area contributed by atoms with E-state index in [1.807, 2.05) is 24.3 Å². The molecule has 1 aromatic rings. The van der Waals surface area contributed by atoms with Crippen LogP contribution in [0.3, 0.4) is 0 Å². The van der Waals surface area contributed by atoms with Crippen LogP contribution >= 0.6 is 0 Å². The van der Waals surface area contributed by atoms with E-state index in [-0.39, 0.29) is 5.78 Å². The monoisotopic (exact) mass is 578 g/mol. The van der Waals surface area contributed by atoms with Crippen molar-refractivity contribution in [1.29, 1.82) is 0 Å². The second-order valence-corrected chi connectivity index (χ2v) is 22.5. The van der Waals surface area contributed by atoms with Gasteiger partial charge in [0, 0.05) is 0 Å².